The number of carbonyl (C=O) groups excluding carboxylic acids is 5. The van der Waals surface area contributed by atoms with Crippen molar-refractivity contribution in [1.82, 2.24) is 0 Å². The quantitative estimate of drug-likeness (QED) is 0.115. The van der Waals surface area contributed by atoms with Gasteiger partial charge in [-0.2, -0.15) is 0 Å². The molecule has 0 amide bonds. The third kappa shape index (κ3) is 10.2. The number of rotatable bonds is 12. The predicted octanol–water partition coefficient (Wildman–Crippen LogP) is 5.98. The summed E-state index contributed by atoms with van der Waals surface area (Å²) in [5, 5.41) is 11.4. The summed E-state index contributed by atoms with van der Waals surface area (Å²) >= 11 is 0. The molecule has 2 heterocycles. The van der Waals surface area contributed by atoms with Gasteiger partial charge in [-0.3, -0.25) is 0 Å². The molecule has 0 unspecified atom stereocenters. The number of benzene rings is 5. The Bertz CT molecular complexity index is 2190. The lowest BCUT2D eigenvalue weighted by Crippen LogP contribution is -2.66. The molecule has 2 aliphatic rings. The molecular weight excluding hydrogens is 789 g/mol. The van der Waals surface area contributed by atoms with E-state index in [1.54, 1.807) is 91.0 Å². The minimum absolute atomic E-state index is 0.102. The fourth-order valence-corrected chi connectivity index (χ4v) is 6.92. The van der Waals surface area contributed by atoms with Gasteiger partial charge in [0.25, 0.3) is 0 Å². The van der Waals surface area contributed by atoms with Crippen molar-refractivity contribution in [3.63, 3.8) is 0 Å². The van der Waals surface area contributed by atoms with E-state index in [1.165, 1.54) is 74.5 Å². The first-order chi connectivity index (χ1) is 29.6. The molecule has 0 aromatic heterocycles. The minimum Gasteiger partial charge on any atom is -0.453 e. The third-order valence-electron chi connectivity index (χ3n) is 10.0. The van der Waals surface area contributed by atoms with Crippen LogP contribution in [0.3, 0.4) is 0 Å². The van der Waals surface area contributed by atoms with Gasteiger partial charge >= 0.3 is 29.8 Å². The average Bonchev–Trinajstić information content (AvgIpc) is 3.29. The van der Waals surface area contributed by atoms with Crippen molar-refractivity contribution in [3.05, 3.63) is 179 Å². The van der Waals surface area contributed by atoms with Crippen LogP contribution in [0.15, 0.2) is 152 Å². The second-order valence-corrected chi connectivity index (χ2v) is 14.2. The van der Waals surface area contributed by atoms with Gasteiger partial charge in [0.15, 0.2) is 43.1 Å². The van der Waals surface area contributed by atoms with Crippen molar-refractivity contribution in [3.8, 4) is 0 Å². The normalized spacial score (nSPS) is 25.9. The molecule has 5 aromatic rings. The molecular formula is C47H42O14. The van der Waals surface area contributed by atoms with Crippen LogP contribution in [0.5, 0.6) is 0 Å². The fraction of sp³-hybridized carbons (Fsp3) is 0.255. The largest absolute Gasteiger partial charge is 0.453 e. The molecule has 0 saturated carbocycles. The van der Waals surface area contributed by atoms with Crippen LogP contribution < -0.4 is 0 Å². The predicted molar refractivity (Wildman–Crippen MR) is 214 cm³/mol. The van der Waals surface area contributed by atoms with E-state index in [2.05, 4.69) is 0 Å². The Kier molecular flexibility index (Phi) is 13.6. The lowest BCUT2D eigenvalue weighted by atomic mass is 9.96. The molecule has 0 aliphatic carbocycles. The second-order valence-electron chi connectivity index (χ2n) is 14.2. The van der Waals surface area contributed by atoms with Gasteiger partial charge in [0.1, 0.15) is 6.10 Å². The summed E-state index contributed by atoms with van der Waals surface area (Å²) in [6, 6.07) is 40.0. The highest BCUT2D eigenvalue weighted by Crippen LogP contribution is 2.36. The molecule has 0 bridgehead atoms. The molecule has 0 spiro atoms. The van der Waals surface area contributed by atoms with Crippen LogP contribution in [0, 0.1) is 0 Å². The summed E-state index contributed by atoms with van der Waals surface area (Å²) < 4.78 is 48.8. The number of carbonyl (C=O) groups is 5. The van der Waals surface area contributed by atoms with Crippen LogP contribution in [0.1, 0.15) is 65.6 Å². The summed E-state index contributed by atoms with van der Waals surface area (Å²) in [7, 11) is 0. The number of esters is 5. The van der Waals surface area contributed by atoms with Crippen molar-refractivity contribution >= 4 is 29.8 Å². The van der Waals surface area contributed by atoms with Gasteiger partial charge in [0, 0.05) is 0 Å². The lowest BCUT2D eigenvalue weighted by molar-refractivity contribution is -0.346. The van der Waals surface area contributed by atoms with Crippen LogP contribution in [-0.4, -0.2) is 96.4 Å². The third-order valence-corrected chi connectivity index (χ3v) is 10.0. The van der Waals surface area contributed by atoms with Crippen LogP contribution in [0.4, 0.5) is 0 Å². The van der Waals surface area contributed by atoms with Crippen molar-refractivity contribution < 1.29 is 67.0 Å². The Hall–Kier alpha value is -6.71. The van der Waals surface area contributed by atoms with E-state index in [0.29, 0.717) is 0 Å². The molecule has 10 atom stereocenters. The first kappa shape index (κ1) is 42.4. The van der Waals surface area contributed by atoms with Crippen LogP contribution in [0.2, 0.25) is 0 Å². The smallest absolute Gasteiger partial charge is 0.338 e. The maximum atomic E-state index is 13.9. The van der Waals surface area contributed by atoms with Gasteiger partial charge < -0.3 is 43.0 Å². The van der Waals surface area contributed by atoms with Crippen molar-refractivity contribution in [2.45, 2.75) is 75.3 Å². The summed E-state index contributed by atoms with van der Waals surface area (Å²) in [5.41, 5.74) is 0.701. The number of aliphatic hydroxyl groups excluding tert-OH is 1. The van der Waals surface area contributed by atoms with Crippen LogP contribution in [-0.2, 0) is 37.9 Å². The van der Waals surface area contributed by atoms with E-state index in [9.17, 15) is 29.1 Å². The van der Waals surface area contributed by atoms with E-state index in [1.807, 2.05) is 0 Å². The molecule has 5 aromatic carbocycles. The minimum atomic E-state index is -1.84. The second kappa shape index (κ2) is 19.6. The zero-order valence-corrected chi connectivity index (χ0v) is 33.0. The van der Waals surface area contributed by atoms with Crippen LogP contribution >= 0.6 is 0 Å². The Balaban J connectivity index is 1.30. The maximum absolute atomic E-state index is 13.9. The molecule has 61 heavy (non-hydrogen) atoms. The molecule has 1 N–H and O–H groups in total. The molecule has 314 valence electrons. The number of hydrogen-bond donors (Lipinski definition) is 1. The zero-order chi connectivity index (χ0) is 42.9. The number of hydrogen-bond acceptors (Lipinski definition) is 14. The summed E-state index contributed by atoms with van der Waals surface area (Å²) in [6.07, 6.45) is -15.2. The molecule has 14 nitrogen and oxygen atoms in total. The van der Waals surface area contributed by atoms with E-state index in [4.69, 9.17) is 37.9 Å². The summed E-state index contributed by atoms with van der Waals surface area (Å²) in [5.74, 6) is -4.23. The topological polar surface area (TPSA) is 179 Å². The number of ether oxygens (including phenoxy) is 8. The Morgan fingerprint density at radius 2 is 0.656 bits per heavy atom. The molecule has 14 heteroatoms. The maximum Gasteiger partial charge on any atom is 0.338 e. The molecule has 2 aliphatic heterocycles. The van der Waals surface area contributed by atoms with Crippen molar-refractivity contribution in [1.29, 1.82) is 0 Å². The van der Waals surface area contributed by atoms with E-state index >= 15 is 0 Å². The first-order valence-electron chi connectivity index (χ1n) is 19.5. The van der Waals surface area contributed by atoms with Gasteiger partial charge in [0.05, 0.1) is 40.0 Å². The van der Waals surface area contributed by atoms with E-state index < -0.39 is 91.3 Å². The molecule has 2 saturated heterocycles. The summed E-state index contributed by atoms with van der Waals surface area (Å²) in [4.78, 5) is 68.6. The number of aliphatic hydroxyl groups is 1. The van der Waals surface area contributed by atoms with Gasteiger partial charge in [-0.1, -0.05) is 91.0 Å². The van der Waals surface area contributed by atoms with Gasteiger partial charge in [-0.05, 0) is 74.5 Å². The van der Waals surface area contributed by atoms with E-state index in [-0.39, 0.29) is 27.8 Å². The van der Waals surface area contributed by atoms with Crippen LogP contribution in [0.25, 0.3) is 0 Å². The van der Waals surface area contributed by atoms with Gasteiger partial charge in [-0.15, -0.1) is 0 Å². The standard InChI is InChI=1S/C47H42O14/c1-28-35(56-41(48)30-18-8-3-9-19-30)37(39(46(53)54-28)59-44(51)33-24-14-6-15-25-33)61-47-40(60-45(52)34-26-16-7-17-27-34)38(58-43(50)32-22-12-5-13-23-32)36(29(2)55-47)57-42(49)31-20-10-4-11-21-31/h3-29,35-40,46-47,53H,1-2H3/t28-,29-,35-,36-,37+,38+,39+,40+,46+,47-/m1/s1. The van der Waals surface area contributed by atoms with Gasteiger partial charge in [-0.25, -0.2) is 24.0 Å². The Morgan fingerprint density at radius 3 is 1.02 bits per heavy atom. The zero-order valence-electron chi connectivity index (χ0n) is 33.0. The first-order valence-corrected chi connectivity index (χ1v) is 19.5. The van der Waals surface area contributed by atoms with Crippen molar-refractivity contribution in [2.75, 3.05) is 0 Å². The highest BCUT2D eigenvalue weighted by Gasteiger charge is 2.56. The Labute approximate surface area is 350 Å². The highest BCUT2D eigenvalue weighted by molar-refractivity contribution is 5.92. The van der Waals surface area contributed by atoms with Gasteiger partial charge in [0.2, 0.25) is 0 Å². The summed E-state index contributed by atoms with van der Waals surface area (Å²) in [6.45, 7) is 3.04. The molecule has 2 fully saturated rings. The Morgan fingerprint density at radius 1 is 0.377 bits per heavy atom. The molecule has 7 rings (SSSR count). The monoisotopic (exact) mass is 830 g/mol. The van der Waals surface area contributed by atoms with Crippen molar-refractivity contribution in [2.24, 2.45) is 0 Å². The lowest BCUT2D eigenvalue weighted by Gasteiger charge is -2.47. The van der Waals surface area contributed by atoms with E-state index in [0.717, 1.165) is 0 Å². The molecule has 0 radical (unpaired) electrons. The average molecular weight is 831 g/mol. The fourth-order valence-electron chi connectivity index (χ4n) is 6.92. The SMILES string of the molecule is C[C@H]1O[C@H](O[C@H]2[C@H](OC(=O)c3ccccc3)[C@@H](C)O[C@H](O)[C@H]2OC(=O)c2ccccc2)[C@@H](OC(=O)c2ccccc2)[C@@H](OC(=O)c2ccccc2)[C@@H]1OC(=O)c1ccccc1. The highest BCUT2D eigenvalue weighted by atomic mass is 16.8.